The number of phenolic OH excluding ortho intramolecular Hbond substituents is 1. The number of aromatic amines is 1. The number of nitrogens with zero attached hydrogens (tertiary/aromatic N) is 2. The van der Waals surface area contributed by atoms with Crippen LogP contribution in [0.2, 0.25) is 0 Å². The number of benzene rings is 2. The molecule has 4 heteroatoms. The number of hydrogen-bond donors (Lipinski definition) is 2. The number of H-pyrrole nitrogens is 1. The Kier molecular flexibility index (Phi) is 2.76. The second-order valence-electron chi connectivity index (χ2n) is 4.42. The van der Waals surface area contributed by atoms with Crippen molar-refractivity contribution in [2.45, 2.75) is 6.92 Å². The van der Waals surface area contributed by atoms with Crippen LogP contribution in [0.3, 0.4) is 0 Å². The summed E-state index contributed by atoms with van der Waals surface area (Å²) in [5, 5.41) is 20.6. The largest absolute Gasteiger partial charge is 0.507 e. The summed E-state index contributed by atoms with van der Waals surface area (Å²) in [7, 11) is 0. The zero-order valence-electron chi connectivity index (χ0n) is 10.5. The number of nitrogens with one attached hydrogen (secondary N) is 1. The summed E-state index contributed by atoms with van der Waals surface area (Å²) < 4.78 is 0. The highest BCUT2D eigenvalue weighted by molar-refractivity contribution is 5.84. The van der Waals surface area contributed by atoms with Crippen molar-refractivity contribution >= 4 is 0 Å². The normalized spacial score (nSPS) is 10.6. The molecule has 0 atom stereocenters. The number of phenols is 1. The highest BCUT2D eigenvalue weighted by Crippen LogP contribution is 2.36. The Bertz CT molecular complexity index is 705. The Morgan fingerprint density at radius 1 is 1.00 bits per heavy atom. The lowest BCUT2D eigenvalue weighted by Gasteiger charge is -2.09. The van der Waals surface area contributed by atoms with Crippen molar-refractivity contribution in [1.82, 2.24) is 15.4 Å². The van der Waals surface area contributed by atoms with E-state index in [2.05, 4.69) is 15.4 Å². The molecule has 1 aromatic heterocycles. The molecule has 0 aliphatic carbocycles. The molecule has 3 rings (SSSR count). The van der Waals surface area contributed by atoms with Gasteiger partial charge >= 0.3 is 0 Å². The van der Waals surface area contributed by atoms with Crippen LogP contribution in [0.4, 0.5) is 0 Å². The fraction of sp³-hybridized carbons (Fsp3) is 0.0667. The molecular weight excluding hydrogens is 238 g/mol. The van der Waals surface area contributed by atoms with E-state index in [-0.39, 0.29) is 5.75 Å². The van der Waals surface area contributed by atoms with Crippen molar-refractivity contribution in [1.29, 1.82) is 0 Å². The van der Waals surface area contributed by atoms with Gasteiger partial charge < -0.3 is 5.11 Å². The zero-order chi connectivity index (χ0) is 13.2. The predicted molar refractivity (Wildman–Crippen MR) is 73.7 cm³/mol. The van der Waals surface area contributed by atoms with Gasteiger partial charge in [0.25, 0.3) is 0 Å². The third-order valence-corrected chi connectivity index (χ3v) is 3.06. The number of aryl methyl sites for hydroxylation is 1. The molecule has 3 aromatic rings. The van der Waals surface area contributed by atoms with Crippen molar-refractivity contribution in [2.24, 2.45) is 0 Å². The van der Waals surface area contributed by atoms with E-state index in [4.69, 9.17) is 0 Å². The second-order valence-corrected chi connectivity index (χ2v) is 4.42. The second kappa shape index (κ2) is 4.57. The lowest BCUT2D eigenvalue weighted by atomic mass is 9.96. The standard InChI is InChI=1S/C15H13N3O/c1-10-6-7-13(15(19)8-10)11-4-2-3-5-12(11)14-9-16-18-17-14/h2-9,19H,1H3,(H,16,17,18). The van der Waals surface area contributed by atoms with Crippen molar-refractivity contribution in [2.75, 3.05) is 0 Å². The molecule has 0 amide bonds. The Morgan fingerprint density at radius 2 is 1.79 bits per heavy atom. The van der Waals surface area contributed by atoms with Crippen LogP contribution in [0.1, 0.15) is 5.56 Å². The summed E-state index contributed by atoms with van der Waals surface area (Å²) in [5.41, 5.74) is 4.46. The van der Waals surface area contributed by atoms with E-state index in [0.717, 1.165) is 27.9 Å². The average Bonchev–Trinajstić information content (AvgIpc) is 2.93. The van der Waals surface area contributed by atoms with Crippen LogP contribution >= 0.6 is 0 Å². The summed E-state index contributed by atoms with van der Waals surface area (Å²) in [4.78, 5) is 0. The molecule has 0 radical (unpaired) electrons. The first-order valence-corrected chi connectivity index (χ1v) is 6.01. The molecule has 0 bridgehead atoms. The van der Waals surface area contributed by atoms with Gasteiger partial charge in [0, 0.05) is 11.1 Å². The topological polar surface area (TPSA) is 61.8 Å². The van der Waals surface area contributed by atoms with Gasteiger partial charge in [0.2, 0.25) is 0 Å². The van der Waals surface area contributed by atoms with E-state index in [0.29, 0.717) is 0 Å². The van der Waals surface area contributed by atoms with E-state index >= 15 is 0 Å². The minimum Gasteiger partial charge on any atom is -0.507 e. The molecule has 0 spiro atoms. The number of aromatic hydroxyl groups is 1. The zero-order valence-corrected chi connectivity index (χ0v) is 10.5. The maximum atomic E-state index is 10.1. The van der Waals surface area contributed by atoms with E-state index in [1.165, 1.54) is 0 Å². The van der Waals surface area contributed by atoms with Gasteiger partial charge in [-0.25, -0.2) is 0 Å². The van der Waals surface area contributed by atoms with Crippen LogP contribution in [0.25, 0.3) is 22.4 Å². The maximum absolute atomic E-state index is 10.1. The first kappa shape index (κ1) is 11.5. The van der Waals surface area contributed by atoms with Crippen LogP contribution in [-0.2, 0) is 0 Å². The van der Waals surface area contributed by atoms with Crippen molar-refractivity contribution in [3.05, 3.63) is 54.2 Å². The summed E-state index contributed by atoms with van der Waals surface area (Å²) in [6.07, 6.45) is 1.74. The highest BCUT2D eigenvalue weighted by Gasteiger charge is 2.11. The fourth-order valence-corrected chi connectivity index (χ4v) is 2.14. The van der Waals surface area contributed by atoms with Gasteiger partial charge in [-0.1, -0.05) is 41.6 Å². The summed E-state index contributed by atoms with van der Waals surface area (Å²) in [6.45, 7) is 1.95. The molecule has 0 fully saturated rings. The molecular formula is C15H13N3O. The van der Waals surface area contributed by atoms with E-state index in [9.17, 15) is 5.11 Å². The molecule has 4 nitrogen and oxygen atoms in total. The van der Waals surface area contributed by atoms with Gasteiger partial charge in [-0.2, -0.15) is 0 Å². The van der Waals surface area contributed by atoms with E-state index in [1.807, 2.05) is 43.3 Å². The summed E-state index contributed by atoms with van der Waals surface area (Å²) in [5.74, 6) is 0.274. The smallest absolute Gasteiger partial charge is 0.123 e. The molecule has 1 heterocycles. The van der Waals surface area contributed by atoms with E-state index < -0.39 is 0 Å². The van der Waals surface area contributed by atoms with Crippen LogP contribution in [0, 0.1) is 6.92 Å². The van der Waals surface area contributed by atoms with Crippen LogP contribution in [0.15, 0.2) is 48.7 Å². The molecule has 0 unspecified atom stereocenters. The Morgan fingerprint density at radius 3 is 2.47 bits per heavy atom. The van der Waals surface area contributed by atoms with Crippen molar-refractivity contribution in [3.63, 3.8) is 0 Å². The average molecular weight is 251 g/mol. The molecule has 0 saturated carbocycles. The molecule has 0 aliphatic heterocycles. The Hall–Kier alpha value is -2.62. The Labute approximate surface area is 110 Å². The number of aromatic nitrogens is 3. The highest BCUT2D eigenvalue weighted by atomic mass is 16.3. The maximum Gasteiger partial charge on any atom is 0.123 e. The quantitative estimate of drug-likeness (QED) is 0.735. The van der Waals surface area contributed by atoms with Crippen molar-refractivity contribution < 1.29 is 5.11 Å². The minimum atomic E-state index is 0.274. The lowest BCUT2D eigenvalue weighted by molar-refractivity contribution is 0.477. The predicted octanol–water partition coefficient (Wildman–Crippen LogP) is 3.15. The van der Waals surface area contributed by atoms with Crippen LogP contribution < -0.4 is 0 Å². The van der Waals surface area contributed by atoms with Gasteiger partial charge in [-0.05, 0) is 24.1 Å². The molecule has 19 heavy (non-hydrogen) atoms. The van der Waals surface area contributed by atoms with Gasteiger partial charge in [0.15, 0.2) is 0 Å². The molecule has 94 valence electrons. The number of hydrogen-bond acceptors (Lipinski definition) is 3. The fourth-order valence-electron chi connectivity index (χ4n) is 2.14. The summed E-state index contributed by atoms with van der Waals surface area (Å²) >= 11 is 0. The van der Waals surface area contributed by atoms with Crippen LogP contribution in [0.5, 0.6) is 5.75 Å². The first-order valence-electron chi connectivity index (χ1n) is 6.01. The third-order valence-electron chi connectivity index (χ3n) is 3.06. The van der Waals surface area contributed by atoms with Gasteiger partial charge in [-0.3, -0.25) is 5.10 Å². The third kappa shape index (κ3) is 2.08. The monoisotopic (exact) mass is 251 g/mol. The van der Waals surface area contributed by atoms with Crippen LogP contribution in [-0.4, -0.2) is 20.5 Å². The SMILES string of the molecule is Cc1ccc(-c2ccccc2-c2c[nH]nn2)c(O)c1. The molecule has 2 N–H and O–H groups in total. The minimum absolute atomic E-state index is 0.274. The molecule has 0 aliphatic rings. The number of rotatable bonds is 2. The molecule has 0 saturated heterocycles. The Balaban J connectivity index is 2.21. The van der Waals surface area contributed by atoms with Gasteiger partial charge in [0.05, 0.1) is 6.20 Å². The van der Waals surface area contributed by atoms with Crippen molar-refractivity contribution in [3.8, 4) is 28.1 Å². The first-order chi connectivity index (χ1) is 9.25. The summed E-state index contributed by atoms with van der Waals surface area (Å²) in [6, 6.07) is 13.5. The molecule has 2 aromatic carbocycles. The lowest BCUT2D eigenvalue weighted by Crippen LogP contribution is -1.86. The van der Waals surface area contributed by atoms with E-state index in [1.54, 1.807) is 12.3 Å². The van der Waals surface area contributed by atoms with Gasteiger partial charge in [0.1, 0.15) is 11.4 Å². The van der Waals surface area contributed by atoms with Gasteiger partial charge in [-0.15, -0.1) is 5.10 Å².